The average Bonchev–Trinajstić information content (AvgIpc) is 2.80. The topological polar surface area (TPSA) is 57.7 Å². The fraction of sp³-hybridized carbons (Fsp3) is 0.269. The number of hydrogen-bond donors (Lipinski definition) is 0. The van der Waals surface area contributed by atoms with Crippen LogP contribution in [0, 0.1) is 0 Å². The molecule has 0 aliphatic carbocycles. The SMILES string of the molecule is CCCC(=O)N1c2ccccc2[C@H](N(c2ccccc2)S(=O)(=O)c2ccc(Cl)cc2)C[C@@H]1C. The lowest BCUT2D eigenvalue weighted by Crippen LogP contribution is -2.47. The normalized spacial score (nSPS) is 18.0. The van der Waals surface area contributed by atoms with Crippen LogP contribution < -0.4 is 9.21 Å². The van der Waals surface area contributed by atoms with Gasteiger partial charge in [-0.25, -0.2) is 8.42 Å². The van der Waals surface area contributed by atoms with E-state index < -0.39 is 16.1 Å². The zero-order valence-electron chi connectivity index (χ0n) is 18.7. The number of rotatable bonds is 6. The van der Waals surface area contributed by atoms with Crippen molar-refractivity contribution in [1.29, 1.82) is 0 Å². The van der Waals surface area contributed by atoms with Crippen molar-refractivity contribution < 1.29 is 13.2 Å². The summed E-state index contributed by atoms with van der Waals surface area (Å²) in [6, 6.07) is 22.3. The Morgan fingerprint density at radius 3 is 2.30 bits per heavy atom. The maximum atomic E-state index is 14.0. The van der Waals surface area contributed by atoms with Crippen LogP contribution in [-0.4, -0.2) is 20.4 Å². The molecule has 0 radical (unpaired) electrons. The van der Waals surface area contributed by atoms with E-state index in [0.29, 0.717) is 23.6 Å². The third kappa shape index (κ3) is 4.50. The quantitative estimate of drug-likeness (QED) is 0.420. The first kappa shape index (κ1) is 23.3. The van der Waals surface area contributed by atoms with Crippen LogP contribution in [0.5, 0.6) is 0 Å². The maximum Gasteiger partial charge on any atom is 0.264 e. The third-order valence-corrected chi connectivity index (χ3v) is 8.06. The van der Waals surface area contributed by atoms with Crippen LogP contribution in [0.25, 0.3) is 0 Å². The van der Waals surface area contributed by atoms with Gasteiger partial charge in [-0.2, -0.15) is 0 Å². The van der Waals surface area contributed by atoms with Crippen LogP contribution in [0.2, 0.25) is 5.02 Å². The van der Waals surface area contributed by atoms with Crippen molar-refractivity contribution in [3.63, 3.8) is 0 Å². The molecule has 0 bridgehead atoms. The van der Waals surface area contributed by atoms with Crippen LogP contribution in [0.4, 0.5) is 11.4 Å². The van der Waals surface area contributed by atoms with Crippen molar-refractivity contribution >= 4 is 38.9 Å². The molecule has 0 unspecified atom stereocenters. The second-order valence-corrected chi connectivity index (χ2v) is 10.5. The average molecular weight is 483 g/mol. The minimum Gasteiger partial charge on any atom is -0.309 e. The molecule has 0 saturated heterocycles. The van der Waals surface area contributed by atoms with Gasteiger partial charge in [0.15, 0.2) is 0 Å². The number of sulfonamides is 1. The summed E-state index contributed by atoms with van der Waals surface area (Å²) < 4.78 is 29.5. The molecule has 0 saturated carbocycles. The summed E-state index contributed by atoms with van der Waals surface area (Å²) >= 11 is 6.02. The van der Waals surface area contributed by atoms with E-state index in [-0.39, 0.29) is 16.8 Å². The first-order chi connectivity index (χ1) is 15.8. The molecule has 0 aromatic heterocycles. The van der Waals surface area contributed by atoms with Gasteiger partial charge in [-0.15, -0.1) is 0 Å². The number of fused-ring (bicyclic) bond motifs is 1. The van der Waals surface area contributed by atoms with Gasteiger partial charge in [0.05, 0.1) is 16.6 Å². The molecular formula is C26H27ClN2O3S. The minimum absolute atomic E-state index is 0.0581. The third-order valence-electron chi connectivity index (χ3n) is 5.96. The molecule has 4 rings (SSSR count). The summed E-state index contributed by atoms with van der Waals surface area (Å²) in [5, 5.41) is 0.474. The van der Waals surface area contributed by atoms with Gasteiger partial charge in [0.2, 0.25) is 5.91 Å². The minimum atomic E-state index is -3.91. The molecule has 5 nitrogen and oxygen atoms in total. The van der Waals surface area contributed by atoms with E-state index in [1.165, 1.54) is 16.4 Å². The first-order valence-electron chi connectivity index (χ1n) is 11.1. The van der Waals surface area contributed by atoms with Crippen molar-refractivity contribution in [2.75, 3.05) is 9.21 Å². The highest BCUT2D eigenvalue weighted by atomic mass is 35.5. The largest absolute Gasteiger partial charge is 0.309 e. The molecule has 7 heteroatoms. The monoisotopic (exact) mass is 482 g/mol. The van der Waals surface area contributed by atoms with Crippen LogP contribution in [0.15, 0.2) is 83.8 Å². The molecule has 0 spiro atoms. The number of anilines is 2. The Kier molecular flexibility index (Phi) is 6.77. The van der Waals surface area contributed by atoms with Gasteiger partial charge in [-0.05, 0) is 67.8 Å². The van der Waals surface area contributed by atoms with E-state index in [4.69, 9.17) is 11.6 Å². The van der Waals surface area contributed by atoms with Gasteiger partial charge in [0, 0.05) is 23.2 Å². The summed E-state index contributed by atoms with van der Waals surface area (Å²) in [5.41, 5.74) is 2.17. The highest BCUT2D eigenvalue weighted by Gasteiger charge is 2.40. The Morgan fingerprint density at radius 1 is 1.00 bits per heavy atom. The van der Waals surface area contributed by atoms with Crippen LogP contribution >= 0.6 is 11.6 Å². The number of carbonyl (C=O) groups excluding carboxylic acids is 1. The summed E-state index contributed by atoms with van der Waals surface area (Å²) in [5.74, 6) is 0.0581. The van der Waals surface area contributed by atoms with E-state index in [0.717, 1.165) is 17.7 Å². The van der Waals surface area contributed by atoms with E-state index >= 15 is 0 Å². The smallest absolute Gasteiger partial charge is 0.264 e. The molecule has 0 fully saturated rings. The standard InChI is InChI=1S/C26H27ClN2O3S/c1-3-9-26(30)28-19(2)18-25(23-12-7-8-13-24(23)28)29(21-10-5-4-6-11-21)33(31,32)22-16-14-20(27)15-17-22/h4-8,10-17,19,25H,3,9,18H2,1-2H3/t19-,25+/m0/s1. The van der Waals surface area contributed by atoms with Gasteiger partial charge in [-0.3, -0.25) is 9.10 Å². The lowest BCUT2D eigenvalue weighted by atomic mass is 9.91. The van der Waals surface area contributed by atoms with Crippen molar-refractivity contribution in [3.8, 4) is 0 Å². The lowest BCUT2D eigenvalue weighted by Gasteiger charge is -2.43. The number of benzene rings is 3. The van der Waals surface area contributed by atoms with Crippen molar-refractivity contribution in [2.45, 2.75) is 50.1 Å². The van der Waals surface area contributed by atoms with Crippen molar-refractivity contribution in [3.05, 3.63) is 89.4 Å². The van der Waals surface area contributed by atoms with Gasteiger partial charge < -0.3 is 4.90 Å². The first-order valence-corrected chi connectivity index (χ1v) is 12.9. The predicted molar refractivity (Wildman–Crippen MR) is 133 cm³/mol. The van der Waals surface area contributed by atoms with E-state index in [2.05, 4.69) is 0 Å². The van der Waals surface area contributed by atoms with Crippen LogP contribution in [0.1, 0.15) is 44.7 Å². The molecule has 3 aromatic carbocycles. The van der Waals surface area contributed by atoms with Crippen molar-refractivity contribution in [2.24, 2.45) is 0 Å². The lowest BCUT2D eigenvalue weighted by molar-refractivity contribution is -0.119. The van der Waals surface area contributed by atoms with Gasteiger partial charge in [0.25, 0.3) is 10.0 Å². The van der Waals surface area contributed by atoms with Gasteiger partial charge >= 0.3 is 0 Å². The van der Waals surface area contributed by atoms with Crippen LogP contribution in [-0.2, 0) is 14.8 Å². The van der Waals surface area contributed by atoms with E-state index in [1.54, 1.807) is 24.3 Å². The highest BCUT2D eigenvalue weighted by molar-refractivity contribution is 7.92. The molecule has 2 atom stereocenters. The van der Waals surface area contributed by atoms with Gasteiger partial charge in [0.1, 0.15) is 0 Å². The Morgan fingerprint density at radius 2 is 1.64 bits per heavy atom. The summed E-state index contributed by atoms with van der Waals surface area (Å²) in [7, 11) is -3.91. The van der Waals surface area contributed by atoms with Crippen LogP contribution in [0.3, 0.4) is 0 Å². The Bertz CT molecular complexity index is 1230. The van der Waals surface area contributed by atoms with E-state index in [9.17, 15) is 13.2 Å². The zero-order valence-corrected chi connectivity index (χ0v) is 20.3. The zero-order chi connectivity index (χ0) is 23.6. The predicted octanol–water partition coefficient (Wildman–Crippen LogP) is 6.20. The van der Waals surface area contributed by atoms with Gasteiger partial charge in [-0.1, -0.05) is 54.9 Å². The number of halogens is 1. The molecule has 1 aliphatic rings. The molecule has 1 aliphatic heterocycles. The number of hydrogen-bond acceptors (Lipinski definition) is 3. The molecule has 1 heterocycles. The second kappa shape index (κ2) is 9.57. The molecule has 33 heavy (non-hydrogen) atoms. The van der Waals surface area contributed by atoms with E-state index in [1.807, 2.05) is 61.2 Å². The number of carbonyl (C=O) groups is 1. The Hall–Kier alpha value is -2.83. The molecule has 172 valence electrons. The fourth-order valence-corrected chi connectivity index (χ4v) is 6.27. The summed E-state index contributed by atoms with van der Waals surface area (Å²) in [4.78, 5) is 14.9. The number of nitrogens with zero attached hydrogens (tertiary/aromatic N) is 2. The molecule has 1 amide bonds. The maximum absolute atomic E-state index is 14.0. The molecule has 0 N–H and O–H groups in total. The molecule has 3 aromatic rings. The summed E-state index contributed by atoms with van der Waals surface area (Å²) in [6.07, 6.45) is 1.69. The van der Waals surface area contributed by atoms with Crippen molar-refractivity contribution in [1.82, 2.24) is 0 Å². The second-order valence-electron chi connectivity index (χ2n) is 8.26. The fourth-order valence-electron chi connectivity index (χ4n) is 4.50. The highest BCUT2D eigenvalue weighted by Crippen LogP contribution is 2.44. The number of amides is 1. The number of para-hydroxylation sites is 2. The summed E-state index contributed by atoms with van der Waals surface area (Å²) in [6.45, 7) is 3.96. The Balaban J connectivity index is 1.88. The molecular weight excluding hydrogens is 456 g/mol. The Labute approximate surface area is 200 Å².